The lowest BCUT2D eigenvalue weighted by Gasteiger charge is -2.09. The first kappa shape index (κ1) is 17.3. The highest BCUT2D eigenvalue weighted by molar-refractivity contribution is 6.31. The fraction of sp³-hybridized carbons (Fsp3) is 0.0556. The van der Waals surface area contributed by atoms with Gasteiger partial charge in [-0.2, -0.15) is 10.4 Å². The van der Waals surface area contributed by atoms with Gasteiger partial charge in [-0.15, -0.1) is 0 Å². The van der Waals surface area contributed by atoms with E-state index in [0.717, 1.165) is 10.2 Å². The molecular formula is C18H12ClN5O2. The normalized spacial score (nSPS) is 10.2. The summed E-state index contributed by atoms with van der Waals surface area (Å²) < 4.78 is 1.05. The Morgan fingerprint density at radius 3 is 2.85 bits per heavy atom. The van der Waals surface area contributed by atoms with Crippen molar-refractivity contribution in [3.8, 4) is 17.3 Å². The molecule has 0 fully saturated rings. The second-order valence-electron chi connectivity index (χ2n) is 5.31. The fourth-order valence-corrected chi connectivity index (χ4v) is 2.45. The number of rotatable bonds is 4. The molecule has 1 N–H and O–H groups in total. The van der Waals surface area contributed by atoms with Crippen LogP contribution in [0.5, 0.6) is 0 Å². The first-order valence-corrected chi connectivity index (χ1v) is 7.92. The van der Waals surface area contributed by atoms with Gasteiger partial charge in [-0.25, -0.2) is 4.68 Å². The molecule has 0 unspecified atom stereocenters. The van der Waals surface area contributed by atoms with Gasteiger partial charge in [0.2, 0.25) is 5.91 Å². The number of nitrogens with zero attached hydrogens (tertiary/aromatic N) is 4. The van der Waals surface area contributed by atoms with Gasteiger partial charge in [-0.3, -0.25) is 14.6 Å². The molecule has 0 aliphatic heterocycles. The van der Waals surface area contributed by atoms with Crippen molar-refractivity contribution >= 4 is 23.2 Å². The Morgan fingerprint density at radius 2 is 2.12 bits per heavy atom. The number of halogens is 1. The van der Waals surface area contributed by atoms with Crippen molar-refractivity contribution in [2.24, 2.45) is 0 Å². The highest BCUT2D eigenvalue weighted by Gasteiger charge is 2.11. The molecule has 0 spiro atoms. The van der Waals surface area contributed by atoms with E-state index in [-0.39, 0.29) is 17.8 Å². The van der Waals surface area contributed by atoms with Crippen LogP contribution in [0.2, 0.25) is 5.02 Å². The maximum atomic E-state index is 12.3. The molecule has 0 aliphatic rings. The second kappa shape index (κ2) is 7.59. The Hall–Kier alpha value is -3.50. The Balaban J connectivity index is 1.83. The first-order valence-electron chi connectivity index (χ1n) is 7.55. The number of amides is 1. The van der Waals surface area contributed by atoms with Gasteiger partial charge in [0.15, 0.2) is 0 Å². The zero-order valence-electron chi connectivity index (χ0n) is 13.4. The van der Waals surface area contributed by atoms with E-state index in [9.17, 15) is 9.59 Å². The van der Waals surface area contributed by atoms with E-state index in [0.29, 0.717) is 10.7 Å². The zero-order chi connectivity index (χ0) is 18.5. The van der Waals surface area contributed by atoms with Gasteiger partial charge in [-0.1, -0.05) is 11.6 Å². The molecule has 1 amide bonds. The van der Waals surface area contributed by atoms with Crippen LogP contribution in [0.3, 0.4) is 0 Å². The van der Waals surface area contributed by atoms with Crippen LogP contribution >= 0.6 is 11.6 Å². The quantitative estimate of drug-likeness (QED) is 0.765. The van der Waals surface area contributed by atoms with Gasteiger partial charge in [0, 0.05) is 29.0 Å². The Labute approximate surface area is 153 Å². The Bertz CT molecular complexity index is 1060. The number of anilines is 1. The summed E-state index contributed by atoms with van der Waals surface area (Å²) in [4.78, 5) is 28.3. The van der Waals surface area contributed by atoms with Gasteiger partial charge >= 0.3 is 0 Å². The highest BCUT2D eigenvalue weighted by atomic mass is 35.5. The second-order valence-corrected chi connectivity index (χ2v) is 5.74. The lowest BCUT2D eigenvalue weighted by Crippen LogP contribution is -2.29. The highest BCUT2D eigenvalue weighted by Crippen LogP contribution is 2.20. The van der Waals surface area contributed by atoms with Crippen molar-refractivity contribution < 1.29 is 4.79 Å². The van der Waals surface area contributed by atoms with Gasteiger partial charge < -0.3 is 5.32 Å². The van der Waals surface area contributed by atoms with Crippen molar-refractivity contribution in [2.75, 3.05) is 5.32 Å². The zero-order valence-corrected chi connectivity index (χ0v) is 14.1. The van der Waals surface area contributed by atoms with Crippen LogP contribution in [0.15, 0.2) is 59.7 Å². The molecule has 0 saturated carbocycles. The number of carbonyl (C=O) groups is 1. The van der Waals surface area contributed by atoms with Crippen molar-refractivity contribution in [1.82, 2.24) is 14.8 Å². The maximum Gasteiger partial charge on any atom is 0.267 e. The molecule has 1 aromatic carbocycles. The molecule has 128 valence electrons. The van der Waals surface area contributed by atoms with E-state index < -0.39 is 11.5 Å². The smallest absolute Gasteiger partial charge is 0.267 e. The van der Waals surface area contributed by atoms with Crippen LogP contribution < -0.4 is 10.9 Å². The summed E-state index contributed by atoms with van der Waals surface area (Å²) in [6.45, 7) is -0.301. The maximum absolute atomic E-state index is 12.3. The molecule has 2 heterocycles. The first-order chi connectivity index (χ1) is 12.6. The number of carbonyl (C=O) groups excluding carboxylic acids is 1. The average Bonchev–Trinajstić information content (AvgIpc) is 2.64. The van der Waals surface area contributed by atoms with Crippen LogP contribution in [-0.2, 0) is 11.3 Å². The summed E-state index contributed by atoms with van der Waals surface area (Å²) in [6, 6.07) is 13.0. The van der Waals surface area contributed by atoms with Gasteiger partial charge in [0.05, 0.1) is 16.9 Å². The largest absolute Gasteiger partial charge is 0.323 e. The standard InChI is InChI=1S/C18H12ClN5O2/c19-14-4-3-12(9-20)16(8-14)22-17(25)11-24-18(26)6-5-15(23-24)13-2-1-7-21-10-13/h1-8,10H,11H2,(H,22,25). The summed E-state index contributed by atoms with van der Waals surface area (Å²) in [5.41, 5.74) is 1.38. The molecule has 0 bridgehead atoms. The molecule has 2 aromatic heterocycles. The number of pyridine rings is 1. The minimum absolute atomic E-state index is 0.271. The number of benzene rings is 1. The number of nitrogens with one attached hydrogen (secondary N) is 1. The number of aromatic nitrogens is 3. The SMILES string of the molecule is N#Cc1ccc(Cl)cc1NC(=O)Cn1nc(-c2cccnc2)ccc1=O. The summed E-state index contributed by atoms with van der Waals surface area (Å²) in [5, 5.41) is 16.3. The molecule has 3 rings (SSSR count). The van der Waals surface area contributed by atoms with Crippen LogP contribution in [0.1, 0.15) is 5.56 Å². The monoisotopic (exact) mass is 365 g/mol. The van der Waals surface area contributed by atoms with Gasteiger partial charge in [0.1, 0.15) is 12.6 Å². The average molecular weight is 366 g/mol. The molecule has 8 heteroatoms. The summed E-state index contributed by atoms with van der Waals surface area (Å²) >= 11 is 5.90. The lowest BCUT2D eigenvalue weighted by molar-refractivity contribution is -0.117. The third-order valence-corrected chi connectivity index (χ3v) is 3.73. The molecule has 0 atom stereocenters. The van der Waals surface area contributed by atoms with Crippen molar-refractivity contribution in [1.29, 1.82) is 5.26 Å². The van der Waals surface area contributed by atoms with Crippen LogP contribution in [-0.4, -0.2) is 20.7 Å². The van der Waals surface area contributed by atoms with Crippen molar-refractivity contribution in [3.63, 3.8) is 0 Å². The molecular weight excluding hydrogens is 354 g/mol. The van der Waals surface area contributed by atoms with Gasteiger partial charge in [-0.05, 0) is 36.4 Å². The van der Waals surface area contributed by atoms with E-state index >= 15 is 0 Å². The third kappa shape index (κ3) is 3.94. The molecule has 0 aliphatic carbocycles. The van der Waals surface area contributed by atoms with E-state index in [1.54, 1.807) is 36.7 Å². The van der Waals surface area contributed by atoms with Crippen molar-refractivity contribution in [2.45, 2.75) is 6.54 Å². The molecule has 7 nitrogen and oxygen atoms in total. The summed E-state index contributed by atoms with van der Waals surface area (Å²) in [6.07, 6.45) is 3.24. The number of hydrogen-bond donors (Lipinski definition) is 1. The van der Waals surface area contributed by atoms with E-state index in [1.807, 2.05) is 6.07 Å². The summed E-state index contributed by atoms with van der Waals surface area (Å²) in [5.74, 6) is -0.498. The third-order valence-electron chi connectivity index (χ3n) is 3.49. The predicted molar refractivity (Wildman–Crippen MR) is 96.5 cm³/mol. The Kier molecular flexibility index (Phi) is 5.06. The lowest BCUT2D eigenvalue weighted by atomic mass is 10.2. The summed E-state index contributed by atoms with van der Waals surface area (Å²) in [7, 11) is 0. The fourth-order valence-electron chi connectivity index (χ4n) is 2.27. The van der Waals surface area contributed by atoms with Crippen LogP contribution in [0.25, 0.3) is 11.3 Å². The topological polar surface area (TPSA) is 101 Å². The van der Waals surface area contributed by atoms with E-state index in [1.165, 1.54) is 18.2 Å². The Morgan fingerprint density at radius 1 is 1.27 bits per heavy atom. The van der Waals surface area contributed by atoms with Crippen LogP contribution in [0, 0.1) is 11.3 Å². The molecule has 3 aromatic rings. The molecule has 0 saturated heterocycles. The number of hydrogen-bond acceptors (Lipinski definition) is 5. The van der Waals surface area contributed by atoms with Crippen LogP contribution in [0.4, 0.5) is 5.69 Å². The number of nitriles is 1. The van der Waals surface area contributed by atoms with E-state index in [2.05, 4.69) is 15.4 Å². The van der Waals surface area contributed by atoms with Crippen molar-refractivity contribution in [3.05, 3.63) is 75.8 Å². The minimum Gasteiger partial charge on any atom is -0.323 e. The minimum atomic E-state index is -0.498. The molecule has 0 radical (unpaired) electrons. The molecule has 26 heavy (non-hydrogen) atoms. The van der Waals surface area contributed by atoms with Gasteiger partial charge in [0.25, 0.3) is 5.56 Å². The van der Waals surface area contributed by atoms with E-state index in [4.69, 9.17) is 16.9 Å². The predicted octanol–water partition coefficient (Wildman–Crippen LogP) is 2.47.